The van der Waals surface area contributed by atoms with Crippen LogP contribution in [0.4, 0.5) is 5.69 Å². The summed E-state index contributed by atoms with van der Waals surface area (Å²) in [6.45, 7) is 6.61. The molecule has 0 atom stereocenters. The fraction of sp³-hybridized carbons (Fsp3) is 0.533. The van der Waals surface area contributed by atoms with Crippen molar-refractivity contribution in [3.05, 3.63) is 28.8 Å². The molecule has 0 spiro atoms. The fourth-order valence-electron chi connectivity index (χ4n) is 2.73. The van der Waals surface area contributed by atoms with E-state index in [1.54, 1.807) is 6.07 Å². The Morgan fingerprint density at radius 1 is 1.33 bits per heavy atom. The minimum absolute atomic E-state index is 0.550. The van der Waals surface area contributed by atoms with Crippen LogP contribution in [0.2, 0.25) is 5.02 Å². The van der Waals surface area contributed by atoms with Gasteiger partial charge in [-0.15, -0.1) is 0 Å². The Labute approximate surface area is 114 Å². The molecule has 1 aliphatic rings. The van der Waals surface area contributed by atoms with E-state index in [4.69, 9.17) is 11.6 Å². The Kier molecular flexibility index (Phi) is 4.28. The molecule has 1 heterocycles. The minimum Gasteiger partial charge on any atom is -0.371 e. The highest BCUT2D eigenvalue weighted by molar-refractivity contribution is 6.33. The molecule has 1 aromatic carbocycles. The van der Waals surface area contributed by atoms with Gasteiger partial charge in [0.25, 0.3) is 0 Å². The van der Waals surface area contributed by atoms with Crippen LogP contribution in [-0.2, 0) is 0 Å². The van der Waals surface area contributed by atoms with Gasteiger partial charge in [-0.1, -0.05) is 31.5 Å². The summed E-state index contributed by atoms with van der Waals surface area (Å²) < 4.78 is 0. The molecule has 2 rings (SSSR count). The highest BCUT2D eigenvalue weighted by Crippen LogP contribution is 2.31. The Bertz CT molecular complexity index is 423. The van der Waals surface area contributed by atoms with Crippen molar-refractivity contribution in [1.29, 1.82) is 0 Å². The van der Waals surface area contributed by atoms with Gasteiger partial charge in [-0.2, -0.15) is 0 Å². The maximum atomic E-state index is 11.2. The third-order valence-corrected chi connectivity index (χ3v) is 4.30. The van der Waals surface area contributed by atoms with Gasteiger partial charge in [0.05, 0.1) is 10.6 Å². The molecule has 2 nitrogen and oxygen atoms in total. The van der Waals surface area contributed by atoms with Gasteiger partial charge in [-0.05, 0) is 36.8 Å². The SMILES string of the molecule is CC(C)C1CCN(c2cccc(Cl)c2C=O)CC1. The van der Waals surface area contributed by atoms with Crippen LogP contribution in [0.15, 0.2) is 18.2 Å². The summed E-state index contributed by atoms with van der Waals surface area (Å²) in [5.41, 5.74) is 1.61. The molecule has 1 aromatic rings. The van der Waals surface area contributed by atoms with Crippen LogP contribution in [-0.4, -0.2) is 19.4 Å². The summed E-state index contributed by atoms with van der Waals surface area (Å²) in [4.78, 5) is 13.4. The van der Waals surface area contributed by atoms with Crippen LogP contribution < -0.4 is 4.90 Å². The summed E-state index contributed by atoms with van der Waals surface area (Å²) in [6.07, 6.45) is 3.26. The lowest BCUT2D eigenvalue weighted by Gasteiger charge is -2.36. The number of halogens is 1. The first-order chi connectivity index (χ1) is 8.63. The average molecular weight is 266 g/mol. The average Bonchev–Trinajstić information content (AvgIpc) is 2.38. The molecule has 0 amide bonds. The number of carbonyl (C=O) groups excluding carboxylic acids is 1. The largest absolute Gasteiger partial charge is 0.371 e. The quantitative estimate of drug-likeness (QED) is 0.769. The van der Waals surface area contributed by atoms with E-state index in [9.17, 15) is 4.79 Å². The second-order valence-electron chi connectivity index (χ2n) is 5.36. The van der Waals surface area contributed by atoms with Crippen LogP contribution in [0.3, 0.4) is 0 Å². The maximum absolute atomic E-state index is 11.2. The van der Waals surface area contributed by atoms with Gasteiger partial charge in [0, 0.05) is 18.8 Å². The monoisotopic (exact) mass is 265 g/mol. The Morgan fingerprint density at radius 2 is 2.00 bits per heavy atom. The molecular formula is C15H20ClNO. The second kappa shape index (κ2) is 5.75. The van der Waals surface area contributed by atoms with Gasteiger partial charge in [0.1, 0.15) is 0 Å². The summed E-state index contributed by atoms with van der Waals surface area (Å²) in [5, 5.41) is 0.550. The zero-order valence-electron chi connectivity index (χ0n) is 11.0. The molecule has 0 bridgehead atoms. The van der Waals surface area contributed by atoms with Gasteiger partial charge >= 0.3 is 0 Å². The predicted molar refractivity (Wildman–Crippen MR) is 76.6 cm³/mol. The first-order valence-corrected chi connectivity index (χ1v) is 7.00. The van der Waals surface area contributed by atoms with Crippen LogP contribution >= 0.6 is 11.6 Å². The van der Waals surface area contributed by atoms with Gasteiger partial charge < -0.3 is 4.90 Å². The Hall–Kier alpha value is -1.02. The van der Waals surface area contributed by atoms with Crippen molar-refractivity contribution in [1.82, 2.24) is 0 Å². The van der Waals surface area contributed by atoms with Gasteiger partial charge in [0.2, 0.25) is 0 Å². The number of hydrogen-bond acceptors (Lipinski definition) is 2. The third kappa shape index (κ3) is 2.69. The number of aldehydes is 1. The molecule has 1 saturated heterocycles. The van der Waals surface area contributed by atoms with E-state index in [0.717, 1.165) is 36.9 Å². The molecule has 0 aromatic heterocycles. The van der Waals surface area contributed by atoms with Crippen LogP contribution in [0.1, 0.15) is 37.0 Å². The lowest BCUT2D eigenvalue weighted by molar-refractivity contribution is 0.112. The second-order valence-corrected chi connectivity index (χ2v) is 5.77. The lowest BCUT2D eigenvalue weighted by atomic mass is 9.86. The number of benzene rings is 1. The number of nitrogens with zero attached hydrogens (tertiary/aromatic N) is 1. The number of rotatable bonds is 3. The van der Waals surface area contributed by atoms with E-state index in [-0.39, 0.29) is 0 Å². The first kappa shape index (κ1) is 13.4. The van der Waals surface area contributed by atoms with Crippen molar-refractivity contribution in [2.24, 2.45) is 11.8 Å². The number of carbonyl (C=O) groups is 1. The first-order valence-electron chi connectivity index (χ1n) is 6.62. The lowest BCUT2D eigenvalue weighted by Crippen LogP contribution is -2.35. The molecule has 0 aliphatic carbocycles. The highest BCUT2D eigenvalue weighted by atomic mass is 35.5. The van der Waals surface area contributed by atoms with E-state index >= 15 is 0 Å². The number of anilines is 1. The predicted octanol–water partition coefficient (Wildman–Crippen LogP) is 4.02. The van der Waals surface area contributed by atoms with Crippen LogP contribution in [0.25, 0.3) is 0 Å². The summed E-state index contributed by atoms with van der Waals surface area (Å²) in [6, 6.07) is 5.68. The van der Waals surface area contributed by atoms with Crippen molar-refractivity contribution in [3.63, 3.8) is 0 Å². The smallest absolute Gasteiger partial charge is 0.153 e. The molecule has 0 unspecified atom stereocenters. The highest BCUT2D eigenvalue weighted by Gasteiger charge is 2.23. The molecule has 0 radical (unpaired) electrons. The third-order valence-electron chi connectivity index (χ3n) is 3.97. The molecule has 18 heavy (non-hydrogen) atoms. The molecular weight excluding hydrogens is 246 g/mol. The zero-order chi connectivity index (χ0) is 13.1. The van der Waals surface area contributed by atoms with Crippen molar-refractivity contribution < 1.29 is 4.79 Å². The standard InChI is InChI=1S/C15H20ClNO/c1-11(2)12-6-8-17(9-7-12)15-5-3-4-14(16)13(15)10-18/h3-5,10-12H,6-9H2,1-2H3. The van der Waals surface area contributed by atoms with Gasteiger partial charge in [-0.25, -0.2) is 0 Å². The fourth-order valence-corrected chi connectivity index (χ4v) is 2.94. The minimum atomic E-state index is 0.550. The normalized spacial score (nSPS) is 17.2. The van der Waals surface area contributed by atoms with Gasteiger partial charge in [0.15, 0.2) is 6.29 Å². The number of hydrogen-bond donors (Lipinski definition) is 0. The topological polar surface area (TPSA) is 20.3 Å². The zero-order valence-corrected chi connectivity index (χ0v) is 11.8. The molecule has 1 aliphatic heterocycles. The molecule has 0 N–H and O–H groups in total. The summed E-state index contributed by atoms with van der Waals surface area (Å²) >= 11 is 6.07. The Morgan fingerprint density at radius 3 is 2.56 bits per heavy atom. The molecule has 98 valence electrons. The van der Waals surface area contributed by atoms with E-state index in [1.807, 2.05) is 12.1 Å². The van der Waals surface area contributed by atoms with E-state index < -0.39 is 0 Å². The van der Waals surface area contributed by atoms with Crippen molar-refractivity contribution in [2.45, 2.75) is 26.7 Å². The maximum Gasteiger partial charge on any atom is 0.153 e. The van der Waals surface area contributed by atoms with E-state index in [1.165, 1.54) is 12.8 Å². The van der Waals surface area contributed by atoms with Crippen molar-refractivity contribution >= 4 is 23.6 Å². The molecule has 0 saturated carbocycles. The summed E-state index contributed by atoms with van der Waals surface area (Å²) in [7, 11) is 0. The summed E-state index contributed by atoms with van der Waals surface area (Å²) in [5.74, 6) is 1.55. The van der Waals surface area contributed by atoms with Gasteiger partial charge in [-0.3, -0.25) is 4.79 Å². The Balaban J connectivity index is 2.15. The van der Waals surface area contributed by atoms with Crippen molar-refractivity contribution in [2.75, 3.05) is 18.0 Å². The molecule has 3 heteroatoms. The van der Waals surface area contributed by atoms with E-state index in [2.05, 4.69) is 18.7 Å². The molecule has 1 fully saturated rings. The van der Waals surface area contributed by atoms with E-state index in [0.29, 0.717) is 10.6 Å². The van der Waals surface area contributed by atoms with Crippen LogP contribution in [0, 0.1) is 11.8 Å². The number of piperidine rings is 1. The van der Waals surface area contributed by atoms with Crippen molar-refractivity contribution in [3.8, 4) is 0 Å². The van der Waals surface area contributed by atoms with Crippen LogP contribution in [0.5, 0.6) is 0 Å².